The maximum Gasteiger partial charge on any atom is 0.312 e. The van der Waals surface area contributed by atoms with Crippen LogP contribution in [0.1, 0.15) is 5.69 Å². The average molecular weight is 317 g/mol. The lowest BCUT2D eigenvalue weighted by Crippen LogP contribution is -1.85. The Morgan fingerprint density at radius 3 is 2.64 bits per heavy atom. The highest BCUT2D eigenvalue weighted by Crippen LogP contribution is 2.28. The van der Waals surface area contributed by atoms with Crippen LogP contribution >= 0.6 is 11.6 Å². The van der Waals surface area contributed by atoms with Crippen molar-refractivity contribution in [3.8, 4) is 17.4 Å². The first-order valence-corrected chi connectivity index (χ1v) is 6.76. The molecule has 0 unspecified atom stereocenters. The first-order valence-electron chi connectivity index (χ1n) is 6.38. The lowest BCUT2D eigenvalue weighted by Gasteiger charge is -1.95. The van der Waals surface area contributed by atoms with Crippen molar-refractivity contribution in [2.45, 2.75) is 0 Å². The first-order chi connectivity index (χ1) is 10.6. The minimum Gasteiger partial charge on any atom is -0.479 e. The number of nitrogens with zero attached hydrogens (tertiary/aromatic N) is 2. The third kappa shape index (κ3) is 2.84. The summed E-state index contributed by atoms with van der Waals surface area (Å²) in [6, 6.07) is 13.0. The zero-order valence-corrected chi connectivity index (χ0v) is 12.0. The summed E-state index contributed by atoms with van der Waals surface area (Å²) in [4.78, 5) is 8.17. The van der Waals surface area contributed by atoms with Crippen LogP contribution in [0.25, 0.3) is 11.5 Å². The minimum absolute atomic E-state index is 0.0174. The van der Waals surface area contributed by atoms with Gasteiger partial charge in [-0.25, -0.2) is 9.37 Å². The average Bonchev–Trinajstić information content (AvgIpc) is 2.88. The van der Waals surface area contributed by atoms with E-state index in [-0.39, 0.29) is 17.1 Å². The molecule has 22 heavy (non-hydrogen) atoms. The van der Waals surface area contributed by atoms with E-state index in [1.54, 1.807) is 36.4 Å². The van der Waals surface area contributed by atoms with Crippen molar-refractivity contribution in [2.75, 3.05) is 0 Å². The molecule has 0 fully saturated rings. The summed E-state index contributed by atoms with van der Waals surface area (Å²) in [6.45, 7) is 0. The van der Waals surface area contributed by atoms with Crippen molar-refractivity contribution >= 4 is 23.5 Å². The van der Waals surface area contributed by atoms with E-state index in [4.69, 9.17) is 16.0 Å². The van der Waals surface area contributed by atoms with Gasteiger partial charge in [-0.3, -0.25) is 4.99 Å². The zero-order valence-electron chi connectivity index (χ0n) is 11.2. The number of aliphatic imine (C=N–C) groups is 1. The minimum atomic E-state index is -0.488. The van der Waals surface area contributed by atoms with Crippen molar-refractivity contribution in [1.82, 2.24) is 4.98 Å². The molecule has 2 aromatic carbocycles. The van der Waals surface area contributed by atoms with Crippen LogP contribution in [0.5, 0.6) is 5.95 Å². The Bertz CT molecular complexity index is 846. The van der Waals surface area contributed by atoms with E-state index in [2.05, 4.69) is 9.98 Å². The fourth-order valence-electron chi connectivity index (χ4n) is 1.84. The quantitative estimate of drug-likeness (QED) is 0.719. The predicted octanol–water partition coefficient (Wildman–Crippen LogP) is 4.59. The lowest BCUT2D eigenvalue weighted by molar-refractivity contribution is 0.336. The number of aromatic hydroxyl groups is 1. The van der Waals surface area contributed by atoms with E-state index in [1.807, 2.05) is 0 Å². The number of para-hydroxylation sites is 1. The maximum absolute atomic E-state index is 13.7. The SMILES string of the molecule is Oc1oc(-c2ccccc2F)nc1C=Nc1ccccc1Cl. The summed E-state index contributed by atoms with van der Waals surface area (Å²) in [6.07, 6.45) is 1.31. The van der Waals surface area contributed by atoms with Crippen molar-refractivity contribution in [3.63, 3.8) is 0 Å². The molecule has 110 valence electrons. The van der Waals surface area contributed by atoms with Gasteiger partial charge < -0.3 is 9.52 Å². The smallest absolute Gasteiger partial charge is 0.312 e. The molecule has 0 amide bonds. The van der Waals surface area contributed by atoms with Crippen LogP contribution in [-0.4, -0.2) is 16.3 Å². The van der Waals surface area contributed by atoms with Gasteiger partial charge in [-0.1, -0.05) is 35.9 Å². The molecule has 0 atom stereocenters. The Morgan fingerprint density at radius 1 is 1.14 bits per heavy atom. The molecule has 0 aliphatic heterocycles. The molecule has 3 rings (SSSR count). The first kappa shape index (κ1) is 14.3. The summed E-state index contributed by atoms with van der Waals surface area (Å²) in [5, 5.41) is 10.2. The fourth-order valence-corrected chi connectivity index (χ4v) is 2.03. The summed E-state index contributed by atoms with van der Waals surface area (Å²) >= 11 is 5.98. The van der Waals surface area contributed by atoms with Gasteiger partial charge in [-0.05, 0) is 24.3 Å². The van der Waals surface area contributed by atoms with E-state index in [0.29, 0.717) is 10.7 Å². The topological polar surface area (TPSA) is 58.6 Å². The van der Waals surface area contributed by atoms with Crippen LogP contribution in [0.15, 0.2) is 57.9 Å². The molecule has 0 saturated heterocycles. The van der Waals surface area contributed by atoms with Crippen molar-refractivity contribution < 1.29 is 13.9 Å². The summed E-state index contributed by atoms with van der Waals surface area (Å²) in [5.74, 6) is -0.941. The van der Waals surface area contributed by atoms with Crippen LogP contribution in [0, 0.1) is 5.82 Å². The molecule has 4 nitrogen and oxygen atoms in total. The highest BCUT2D eigenvalue weighted by molar-refractivity contribution is 6.33. The molecule has 0 radical (unpaired) electrons. The number of hydrogen-bond donors (Lipinski definition) is 1. The van der Waals surface area contributed by atoms with Gasteiger partial charge >= 0.3 is 5.95 Å². The summed E-state index contributed by atoms with van der Waals surface area (Å²) < 4.78 is 18.8. The van der Waals surface area contributed by atoms with E-state index < -0.39 is 11.8 Å². The van der Waals surface area contributed by atoms with E-state index in [0.717, 1.165) is 0 Å². The Labute approximate surface area is 130 Å². The Hall–Kier alpha value is -2.66. The van der Waals surface area contributed by atoms with Crippen LogP contribution in [0.4, 0.5) is 10.1 Å². The molecule has 3 aromatic rings. The molecule has 6 heteroatoms. The Balaban J connectivity index is 1.94. The van der Waals surface area contributed by atoms with E-state index in [9.17, 15) is 9.50 Å². The van der Waals surface area contributed by atoms with Crippen LogP contribution < -0.4 is 0 Å². The van der Waals surface area contributed by atoms with Crippen molar-refractivity contribution in [3.05, 3.63) is 65.1 Å². The predicted molar refractivity (Wildman–Crippen MR) is 82.3 cm³/mol. The van der Waals surface area contributed by atoms with Gasteiger partial charge in [0.05, 0.1) is 22.5 Å². The van der Waals surface area contributed by atoms with E-state index >= 15 is 0 Å². The number of halogens is 2. The number of oxazole rings is 1. The molecular formula is C16H10ClFN2O2. The Morgan fingerprint density at radius 2 is 1.86 bits per heavy atom. The van der Waals surface area contributed by atoms with Gasteiger partial charge in [0, 0.05) is 0 Å². The monoisotopic (exact) mass is 316 g/mol. The number of aromatic nitrogens is 1. The molecule has 0 aliphatic rings. The van der Waals surface area contributed by atoms with Gasteiger partial charge in [0.1, 0.15) is 5.82 Å². The highest BCUT2D eigenvalue weighted by atomic mass is 35.5. The van der Waals surface area contributed by atoms with Crippen LogP contribution in [-0.2, 0) is 0 Å². The molecule has 1 heterocycles. The van der Waals surface area contributed by atoms with E-state index in [1.165, 1.54) is 18.3 Å². The van der Waals surface area contributed by atoms with Gasteiger partial charge in [0.25, 0.3) is 0 Å². The molecule has 0 aliphatic carbocycles. The fraction of sp³-hybridized carbons (Fsp3) is 0. The third-order valence-corrected chi connectivity index (χ3v) is 3.24. The van der Waals surface area contributed by atoms with Crippen molar-refractivity contribution in [2.24, 2.45) is 4.99 Å². The second kappa shape index (κ2) is 5.99. The molecule has 0 spiro atoms. The largest absolute Gasteiger partial charge is 0.479 e. The molecule has 1 aromatic heterocycles. The second-order valence-corrected chi connectivity index (χ2v) is 4.81. The third-order valence-electron chi connectivity index (χ3n) is 2.92. The maximum atomic E-state index is 13.7. The van der Waals surface area contributed by atoms with Crippen LogP contribution in [0.2, 0.25) is 5.02 Å². The number of hydrogen-bond acceptors (Lipinski definition) is 4. The molecule has 1 N–H and O–H groups in total. The molecular weight excluding hydrogens is 307 g/mol. The zero-order chi connectivity index (χ0) is 15.5. The van der Waals surface area contributed by atoms with Gasteiger partial charge in [-0.2, -0.15) is 0 Å². The molecule has 0 bridgehead atoms. The van der Waals surface area contributed by atoms with Gasteiger partial charge in [-0.15, -0.1) is 0 Å². The number of benzene rings is 2. The summed E-state index contributed by atoms with van der Waals surface area (Å²) in [5.41, 5.74) is 0.785. The standard InChI is InChI=1S/C16H10ClFN2O2/c17-11-6-2-4-8-13(11)19-9-14-16(21)22-15(20-14)10-5-1-3-7-12(10)18/h1-9,21H. The van der Waals surface area contributed by atoms with Crippen molar-refractivity contribution in [1.29, 1.82) is 0 Å². The second-order valence-electron chi connectivity index (χ2n) is 4.40. The van der Waals surface area contributed by atoms with Crippen LogP contribution in [0.3, 0.4) is 0 Å². The Kier molecular flexibility index (Phi) is 3.89. The lowest BCUT2D eigenvalue weighted by atomic mass is 10.2. The normalized spacial score (nSPS) is 11.2. The van der Waals surface area contributed by atoms with Gasteiger partial charge in [0.2, 0.25) is 5.89 Å². The van der Waals surface area contributed by atoms with Gasteiger partial charge in [0.15, 0.2) is 5.69 Å². The molecule has 0 saturated carbocycles. The summed E-state index contributed by atoms with van der Waals surface area (Å²) in [7, 11) is 0. The number of rotatable bonds is 3. The highest BCUT2D eigenvalue weighted by Gasteiger charge is 2.15.